The summed E-state index contributed by atoms with van der Waals surface area (Å²) in [6.45, 7) is -0.257. The fourth-order valence-corrected chi connectivity index (χ4v) is 1.28. The fourth-order valence-electron chi connectivity index (χ4n) is 1.28. The van der Waals surface area contributed by atoms with Crippen LogP contribution in [0.3, 0.4) is 0 Å². The summed E-state index contributed by atoms with van der Waals surface area (Å²) in [6.07, 6.45) is 2.01. The van der Waals surface area contributed by atoms with Crippen molar-refractivity contribution in [3.8, 4) is 0 Å². The third-order valence-corrected chi connectivity index (χ3v) is 1.99. The summed E-state index contributed by atoms with van der Waals surface area (Å²) in [5.41, 5.74) is 0. The Bertz CT molecular complexity index is 75.0. The van der Waals surface area contributed by atoms with E-state index < -0.39 is 6.17 Å². The summed E-state index contributed by atoms with van der Waals surface area (Å²) in [5, 5.41) is 0. The number of alkyl halides is 2. The van der Waals surface area contributed by atoms with Crippen LogP contribution in [-0.4, -0.2) is 12.8 Å². The van der Waals surface area contributed by atoms with Crippen molar-refractivity contribution in [2.45, 2.75) is 31.9 Å². The topological polar surface area (TPSA) is 0 Å². The van der Waals surface area contributed by atoms with Crippen molar-refractivity contribution >= 4 is 0 Å². The summed E-state index contributed by atoms with van der Waals surface area (Å²) in [5.74, 6) is 0.164. The molecule has 0 amide bonds. The van der Waals surface area contributed by atoms with Crippen molar-refractivity contribution < 1.29 is 8.78 Å². The van der Waals surface area contributed by atoms with Crippen LogP contribution in [0.2, 0.25) is 0 Å². The molecule has 1 saturated carbocycles. The van der Waals surface area contributed by atoms with Gasteiger partial charge in [0.2, 0.25) is 0 Å². The molecule has 0 bridgehead atoms. The van der Waals surface area contributed by atoms with Crippen LogP contribution < -0.4 is 0 Å². The van der Waals surface area contributed by atoms with Gasteiger partial charge in [0.05, 0.1) is 6.67 Å². The second-order valence-corrected chi connectivity index (χ2v) is 2.77. The zero-order valence-corrected chi connectivity index (χ0v) is 5.45. The quantitative estimate of drug-likeness (QED) is 0.516. The van der Waals surface area contributed by atoms with Gasteiger partial charge in [-0.15, -0.1) is 0 Å². The van der Waals surface area contributed by atoms with Crippen molar-refractivity contribution in [2.75, 3.05) is 6.67 Å². The molecule has 2 heteroatoms. The first-order valence-corrected chi connectivity index (χ1v) is 3.53. The van der Waals surface area contributed by atoms with Crippen molar-refractivity contribution in [1.82, 2.24) is 0 Å². The van der Waals surface area contributed by atoms with Crippen LogP contribution >= 0.6 is 0 Å². The smallest absolute Gasteiger partial charge is 0.100 e. The highest BCUT2D eigenvalue weighted by Crippen LogP contribution is 2.25. The van der Waals surface area contributed by atoms with Gasteiger partial charge in [0.1, 0.15) is 6.17 Å². The second-order valence-electron chi connectivity index (χ2n) is 2.77. The van der Waals surface area contributed by atoms with Gasteiger partial charge in [0.15, 0.2) is 0 Å². The van der Waals surface area contributed by atoms with E-state index in [0.717, 1.165) is 12.8 Å². The summed E-state index contributed by atoms with van der Waals surface area (Å²) < 4.78 is 24.3. The number of rotatable bonds is 1. The Morgan fingerprint density at radius 2 is 1.67 bits per heavy atom. The molecular weight excluding hydrogens is 122 g/mol. The van der Waals surface area contributed by atoms with E-state index in [1.54, 1.807) is 0 Å². The van der Waals surface area contributed by atoms with Crippen LogP contribution in [0, 0.1) is 5.92 Å². The Morgan fingerprint density at radius 3 is 2.11 bits per heavy atom. The van der Waals surface area contributed by atoms with Gasteiger partial charge in [0, 0.05) is 0 Å². The first-order chi connectivity index (χ1) is 4.33. The fraction of sp³-hybridized carbons (Fsp3) is 1.00. The summed E-state index contributed by atoms with van der Waals surface area (Å²) in [4.78, 5) is 0. The van der Waals surface area contributed by atoms with Crippen LogP contribution in [0.15, 0.2) is 0 Å². The molecule has 9 heavy (non-hydrogen) atoms. The first kappa shape index (κ1) is 6.97. The van der Waals surface area contributed by atoms with Gasteiger partial charge >= 0.3 is 0 Å². The molecule has 0 aromatic rings. The maximum atomic E-state index is 12.4. The largest absolute Gasteiger partial charge is 0.251 e. The third kappa shape index (κ3) is 1.92. The van der Waals surface area contributed by atoms with Crippen LogP contribution in [0.4, 0.5) is 8.78 Å². The molecule has 0 heterocycles. The Balaban J connectivity index is 2.18. The SMILES string of the molecule is FCC1CCC(F)CC1. The minimum Gasteiger partial charge on any atom is -0.251 e. The van der Waals surface area contributed by atoms with Crippen LogP contribution in [0.1, 0.15) is 25.7 Å². The van der Waals surface area contributed by atoms with Gasteiger partial charge in [-0.2, -0.15) is 0 Å². The molecule has 0 aliphatic heterocycles. The van der Waals surface area contributed by atoms with E-state index in [0.29, 0.717) is 12.8 Å². The van der Waals surface area contributed by atoms with Gasteiger partial charge in [0.25, 0.3) is 0 Å². The molecule has 0 aromatic carbocycles. The number of hydrogen-bond donors (Lipinski definition) is 0. The Morgan fingerprint density at radius 1 is 1.11 bits per heavy atom. The minimum atomic E-state index is -0.646. The second kappa shape index (κ2) is 3.14. The molecular formula is C7H12F2. The van der Waals surface area contributed by atoms with Crippen molar-refractivity contribution in [3.05, 3.63) is 0 Å². The van der Waals surface area contributed by atoms with E-state index in [1.807, 2.05) is 0 Å². The lowest BCUT2D eigenvalue weighted by Crippen LogP contribution is -2.15. The van der Waals surface area contributed by atoms with Gasteiger partial charge in [-0.1, -0.05) is 0 Å². The Hall–Kier alpha value is -0.140. The zero-order valence-electron chi connectivity index (χ0n) is 5.45. The van der Waals surface area contributed by atoms with E-state index in [-0.39, 0.29) is 12.6 Å². The maximum Gasteiger partial charge on any atom is 0.100 e. The highest BCUT2D eigenvalue weighted by molar-refractivity contribution is 4.70. The molecule has 0 radical (unpaired) electrons. The highest BCUT2D eigenvalue weighted by atomic mass is 19.1. The molecule has 0 nitrogen and oxygen atoms in total. The van der Waals surface area contributed by atoms with Gasteiger partial charge in [-0.05, 0) is 31.6 Å². The highest BCUT2D eigenvalue weighted by Gasteiger charge is 2.19. The molecule has 0 spiro atoms. The Labute approximate surface area is 54.3 Å². The number of hydrogen-bond acceptors (Lipinski definition) is 0. The van der Waals surface area contributed by atoms with Gasteiger partial charge < -0.3 is 0 Å². The average molecular weight is 134 g/mol. The Kier molecular flexibility index (Phi) is 2.43. The van der Waals surface area contributed by atoms with Crippen molar-refractivity contribution in [3.63, 3.8) is 0 Å². The normalized spacial score (nSPS) is 36.7. The number of halogens is 2. The third-order valence-electron chi connectivity index (χ3n) is 1.99. The van der Waals surface area contributed by atoms with Crippen LogP contribution in [0.25, 0.3) is 0 Å². The predicted octanol–water partition coefficient (Wildman–Crippen LogP) is 2.48. The molecule has 0 saturated heterocycles. The van der Waals surface area contributed by atoms with E-state index >= 15 is 0 Å². The predicted molar refractivity (Wildman–Crippen MR) is 32.8 cm³/mol. The summed E-state index contributed by atoms with van der Waals surface area (Å²) in [7, 11) is 0. The van der Waals surface area contributed by atoms with Crippen LogP contribution in [-0.2, 0) is 0 Å². The van der Waals surface area contributed by atoms with Crippen molar-refractivity contribution in [1.29, 1.82) is 0 Å². The monoisotopic (exact) mass is 134 g/mol. The lowest BCUT2D eigenvalue weighted by atomic mass is 9.89. The maximum absolute atomic E-state index is 12.4. The lowest BCUT2D eigenvalue weighted by molar-refractivity contribution is 0.185. The van der Waals surface area contributed by atoms with Gasteiger partial charge in [-0.25, -0.2) is 4.39 Å². The van der Waals surface area contributed by atoms with Crippen LogP contribution in [0.5, 0.6) is 0 Å². The van der Waals surface area contributed by atoms with Gasteiger partial charge in [-0.3, -0.25) is 4.39 Å². The molecule has 1 rings (SSSR count). The standard InChI is InChI=1S/C7H12F2/c8-5-6-1-3-7(9)4-2-6/h6-7H,1-5H2. The molecule has 0 N–H and O–H groups in total. The molecule has 54 valence electrons. The minimum absolute atomic E-state index is 0.164. The molecule has 1 fully saturated rings. The van der Waals surface area contributed by atoms with E-state index in [4.69, 9.17) is 0 Å². The average Bonchev–Trinajstić information content (AvgIpc) is 1.90. The zero-order chi connectivity index (χ0) is 6.69. The first-order valence-electron chi connectivity index (χ1n) is 3.53. The molecule has 0 unspecified atom stereocenters. The van der Waals surface area contributed by atoms with E-state index in [1.165, 1.54) is 0 Å². The lowest BCUT2D eigenvalue weighted by Gasteiger charge is -2.20. The molecule has 0 atom stereocenters. The van der Waals surface area contributed by atoms with E-state index in [2.05, 4.69) is 0 Å². The van der Waals surface area contributed by atoms with Crippen molar-refractivity contribution in [2.24, 2.45) is 5.92 Å². The molecule has 1 aliphatic rings. The molecule has 1 aliphatic carbocycles. The van der Waals surface area contributed by atoms with E-state index in [9.17, 15) is 8.78 Å². The summed E-state index contributed by atoms with van der Waals surface area (Å²) in [6, 6.07) is 0. The molecule has 0 aromatic heterocycles. The summed E-state index contributed by atoms with van der Waals surface area (Å²) >= 11 is 0.